The van der Waals surface area contributed by atoms with Crippen LogP contribution < -0.4 is 10.5 Å². The first-order valence-electron chi connectivity index (χ1n) is 12.5. The number of rotatable bonds is 6. The molecule has 1 saturated carbocycles. The van der Waals surface area contributed by atoms with Gasteiger partial charge in [0.15, 0.2) is 9.84 Å². The van der Waals surface area contributed by atoms with Crippen LogP contribution in [-0.4, -0.2) is 44.7 Å². The third-order valence-corrected chi connectivity index (χ3v) is 10.6. The lowest BCUT2D eigenvalue weighted by atomic mass is 10.0. The van der Waals surface area contributed by atoms with Crippen LogP contribution in [-0.2, 0) is 32.7 Å². The van der Waals surface area contributed by atoms with Gasteiger partial charge in [0, 0.05) is 61.0 Å². The second-order valence-corrected chi connectivity index (χ2v) is 14.6. The molecule has 6 rings (SSSR count). The van der Waals surface area contributed by atoms with E-state index in [2.05, 4.69) is 4.90 Å². The van der Waals surface area contributed by atoms with Crippen molar-refractivity contribution >= 4 is 36.5 Å². The molecule has 198 valence electrons. The molecule has 4 aromatic rings. The Morgan fingerprint density at radius 1 is 0.921 bits per heavy atom. The quantitative estimate of drug-likeness (QED) is 0.362. The Kier molecular flexibility index (Phi) is 5.63. The smallest absolute Gasteiger partial charge is 0.275 e. The first-order chi connectivity index (χ1) is 18.0. The molecule has 0 N–H and O–H groups in total. The van der Waals surface area contributed by atoms with Gasteiger partial charge in [0.25, 0.3) is 5.56 Å². The minimum Gasteiger partial charge on any atom is -0.370 e. The zero-order valence-corrected chi connectivity index (χ0v) is 22.9. The molecule has 0 unspecified atom stereocenters. The van der Waals surface area contributed by atoms with E-state index in [9.17, 15) is 21.6 Å². The summed E-state index contributed by atoms with van der Waals surface area (Å²) >= 11 is 0. The molecule has 0 amide bonds. The zero-order valence-electron chi connectivity index (χ0n) is 21.3. The fourth-order valence-electron chi connectivity index (χ4n) is 5.59. The van der Waals surface area contributed by atoms with Gasteiger partial charge < -0.3 is 9.47 Å². The Bertz CT molecular complexity index is 1850. The third-order valence-electron chi connectivity index (χ3n) is 7.90. The van der Waals surface area contributed by atoms with Gasteiger partial charge in [0.2, 0.25) is 10.0 Å². The summed E-state index contributed by atoms with van der Waals surface area (Å²) in [5.41, 5.74) is 2.76. The SMILES string of the molecule is Cn1cc(-c2cc(S(C)(=O)=O)ccc2N2CCC3(CC3)C2)c2ccn(S(=O)(=O)Cc3ccccc3)c2c1=O. The molecule has 8 nitrogen and oxygen atoms in total. The maximum Gasteiger partial charge on any atom is 0.275 e. The molecule has 3 heterocycles. The average Bonchev–Trinajstić information content (AvgIpc) is 3.27. The Morgan fingerprint density at radius 3 is 2.32 bits per heavy atom. The van der Waals surface area contributed by atoms with E-state index in [1.165, 1.54) is 29.9 Å². The van der Waals surface area contributed by atoms with Gasteiger partial charge in [-0.15, -0.1) is 0 Å². The highest BCUT2D eigenvalue weighted by atomic mass is 32.2. The topological polar surface area (TPSA) is 98.4 Å². The number of benzene rings is 2. The van der Waals surface area contributed by atoms with E-state index in [1.54, 1.807) is 55.7 Å². The lowest BCUT2D eigenvalue weighted by Crippen LogP contribution is -2.24. The fourth-order valence-corrected chi connectivity index (χ4v) is 7.69. The number of hydrogen-bond acceptors (Lipinski definition) is 6. The minimum atomic E-state index is -3.90. The van der Waals surface area contributed by atoms with Crippen molar-refractivity contribution in [3.63, 3.8) is 0 Å². The molecule has 1 aliphatic heterocycles. The molecule has 0 atom stereocenters. The van der Waals surface area contributed by atoms with Crippen LogP contribution in [0.1, 0.15) is 24.8 Å². The normalized spacial score (nSPS) is 16.9. The van der Waals surface area contributed by atoms with Crippen molar-refractivity contribution < 1.29 is 16.8 Å². The van der Waals surface area contributed by atoms with Gasteiger partial charge >= 0.3 is 0 Å². The van der Waals surface area contributed by atoms with Gasteiger partial charge in [-0.3, -0.25) is 4.79 Å². The number of anilines is 1. The van der Waals surface area contributed by atoms with Crippen molar-refractivity contribution in [3.05, 3.63) is 82.9 Å². The van der Waals surface area contributed by atoms with Crippen molar-refractivity contribution in [2.75, 3.05) is 24.2 Å². The van der Waals surface area contributed by atoms with Crippen molar-refractivity contribution in [2.45, 2.75) is 29.9 Å². The number of sulfone groups is 1. The Morgan fingerprint density at radius 2 is 1.66 bits per heavy atom. The van der Waals surface area contributed by atoms with E-state index < -0.39 is 25.4 Å². The van der Waals surface area contributed by atoms with Crippen LogP contribution in [0.25, 0.3) is 22.0 Å². The summed E-state index contributed by atoms with van der Waals surface area (Å²) in [4.78, 5) is 15.8. The van der Waals surface area contributed by atoms with Crippen LogP contribution in [0.3, 0.4) is 0 Å². The van der Waals surface area contributed by atoms with Gasteiger partial charge in [0.1, 0.15) is 5.52 Å². The van der Waals surface area contributed by atoms with Gasteiger partial charge in [-0.05, 0) is 54.5 Å². The highest BCUT2D eigenvalue weighted by molar-refractivity contribution is 7.90. The van der Waals surface area contributed by atoms with Crippen molar-refractivity contribution in [2.24, 2.45) is 12.5 Å². The molecule has 0 bridgehead atoms. The predicted molar refractivity (Wildman–Crippen MR) is 149 cm³/mol. The van der Waals surface area contributed by atoms with Crippen molar-refractivity contribution in [1.29, 1.82) is 0 Å². The molecule has 2 aliphatic rings. The highest BCUT2D eigenvalue weighted by Crippen LogP contribution is 2.54. The lowest BCUT2D eigenvalue weighted by molar-refractivity contribution is 0.581. The molecule has 2 aromatic heterocycles. The Balaban J connectivity index is 1.56. The molecule has 2 aromatic carbocycles. The molecular formula is C28H29N3O5S2. The summed E-state index contributed by atoms with van der Waals surface area (Å²) in [7, 11) is -5.81. The number of fused-ring (bicyclic) bond motifs is 1. The molecule has 2 fully saturated rings. The summed E-state index contributed by atoms with van der Waals surface area (Å²) in [5.74, 6) is -0.254. The van der Waals surface area contributed by atoms with Crippen LogP contribution in [0.2, 0.25) is 0 Å². The molecule has 0 radical (unpaired) electrons. The molecule has 1 saturated heterocycles. The summed E-state index contributed by atoms with van der Waals surface area (Å²) in [6.07, 6.45) is 7.76. The molecule has 10 heteroatoms. The molecular weight excluding hydrogens is 522 g/mol. The van der Waals surface area contributed by atoms with Crippen LogP contribution in [0.5, 0.6) is 0 Å². The summed E-state index contributed by atoms with van der Waals surface area (Å²) in [5, 5.41) is 0.469. The van der Waals surface area contributed by atoms with E-state index in [0.717, 1.165) is 29.2 Å². The maximum atomic E-state index is 13.5. The predicted octanol–water partition coefficient (Wildman–Crippen LogP) is 3.78. The van der Waals surface area contributed by atoms with Crippen LogP contribution in [0, 0.1) is 5.41 Å². The first-order valence-corrected chi connectivity index (χ1v) is 16.0. The Hall–Kier alpha value is -3.37. The van der Waals surface area contributed by atoms with Gasteiger partial charge in [-0.25, -0.2) is 20.8 Å². The number of aryl methyl sites for hydroxylation is 1. The van der Waals surface area contributed by atoms with Crippen LogP contribution >= 0.6 is 0 Å². The minimum absolute atomic E-state index is 0.0525. The van der Waals surface area contributed by atoms with Crippen LogP contribution in [0.4, 0.5) is 5.69 Å². The van der Waals surface area contributed by atoms with E-state index in [4.69, 9.17) is 0 Å². The van der Waals surface area contributed by atoms with Crippen molar-refractivity contribution in [1.82, 2.24) is 8.54 Å². The Labute approximate surface area is 222 Å². The summed E-state index contributed by atoms with van der Waals surface area (Å²) < 4.78 is 54.4. The number of hydrogen-bond donors (Lipinski definition) is 0. The lowest BCUT2D eigenvalue weighted by Gasteiger charge is -2.23. The number of aromatic nitrogens is 2. The monoisotopic (exact) mass is 551 g/mol. The second kappa shape index (κ2) is 8.57. The van der Waals surface area contributed by atoms with Gasteiger partial charge in [-0.2, -0.15) is 0 Å². The summed E-state index contributed by atoms with van der Waals surface area (Å²) in [6, 6.07) is 15.6. The van der Waals surface area contributed by atoms with E-state index in [1.807, 2.05) is 12.1 Å². The summed E-state index contributed by atoms with van der Waals surface area (Å²) in [6.45, 7) is 1.77. The third kappa shape index (κ3) is 4.25. The highest BCUT2D eigenvalue weighted by Gasteiger charge is 2.48. The van der Waals surface area contributed by atoms with Crippen LogP contribution in [0.15, 0.2) is 76.7 Å². The molecule has 1 aliphatic carbocycles. The number of pyridine rings is 1. The standard InChI is InChI=1S/C28H29N3O5S2/c1-29-17-24(22-10-14-31(26(22)27(29)32)38(35,36)18-20-6-4-3-5-7-20)23-16-21(37(2,33)34)8-9-25(23)30-15-13-28(19-30)11-12-28/h3-10,14,16-17H,11-13,15,18-19H2,1-2H3. The van der Waals surface area contributed by atoms with E-state index in [-0.39, 0.29) is 16.2 Å². The van der Waals surface area contributed by atoms with E-state index in [0.29, 0.717) is 27.5 Å². The van der Waals surface area contributed by atoms with E-state index >= 15 is 0 Å². The first kappa shape index (κ1) is 24.9. The molecule has 1 spiro atoms. The number of nitrogens with zero attached hydrogens (tertiary/aromatic N) is 3. The van der Waals surface area contributed by atoms with Gasteiger partial charge in [-0.1, -0.05) is 30.3 Å². The maximum absolute atomic E-state index is 13.5. The zero-order chi connectivity index (χ0) is 26.9. The average molecular weight is 552 g/mol. The largest absolute Gasteiger partial charge is 0.370 e. The fraction of sp³-hybridized carbons (Fsp3) is 0.321. The van der Waals surface area contributed by atoms with Crippen molar-refractivity contribution in [3.8, 4) is 11.1 Å². The van der Waals surface area contributed by atoms with Gasteiger partial charge in [0.05, 0.1) is 10.6 Å². The molecule has 38 heavy (non-hydrogen) atoms. The second-order valence-electron chi connectivity index (χ2n) is 10.7.